The molecule has 0 saturated carbocycles. The third kappa shape index (κ3) is 5.18. The number of carbonyl (C=O) groups excluding carboxylic acids is 2. The Hall–Kier alpha value is -2.43. The average Bonchev–Trinajstić information content (AvgIpc) is 2.97. The Morgan fingerprint density at radius 1 is 1.00 bits per heavy atom. The lowest BCUT2D eigenvalue weighted by atomic mass is 10.2. The van der Waals surface area contributed by atoms with E-state index in [-0.39, 0.29) is 10.8 Å². The molecule has 0 radical (unpaired) electrons. The van der Waals surface area contributed by atoms with Crippen LogP contribution in [0.25, 0.3) is 0 Å². The number of halogens is 2. The zero-order chi connectivity index (χ0) is 21.9. The molecule has 0 aliphatic rings. The van der Waals surface area contributed by atoms with Crippen molar-refractivity contribution >= 4 is 59.4 Å². The molecule has 0 fully saturated rings. The van der Waals surface area contributed by atoms with Gasteiger partial charge in [0.25, 0.3) is 15.9 Å². The predicted molar refractivity (Wildman–Crippen MR) is 121 cm³/mol. The van der Waals surface area contributed by atoms with E-state index in [1.807, 2.05) is 39.6 Å². The maximum absolute atomic E-state index is 12.9. The van der Waals surface area contributed by atoms with Crippen LogP contribution in [-0.4, -0.2) is 24.8 Å². The SMILES string of the molecule is CC(=O)NS(=O)(=O)c1ccc(NC(=O)c2cc(Br)c(Br)n2Cc2ccccc2)cc1. The number of sulfonamides is 1. The van der Waals surface area contributed by atoms with Gasteiger partial charge in [0.1, 0.15) is 5.69 Å². The number of carbonyl (C=O) groups is 2. The van der Waals surface area contributed by atoms with Crippen LogP contribution in [-0.2, 0) is 21.4 Å². The minimum atomic E-state index is -3.93. The van der Waals surface area contributed by atoms with Crippen LogP contribution in [0.4, 0.5) is 5.69 Å². The zero-order valence-corrected chi connectivity index (χ0v) is 19.7. The Bertz CT molecular complexity index is 1190. The highest BCUT2D eigenvalue weighted by Crippen LogP contribution is 2.29. The lowest BCUT2D eigenvalue weighted by Gasteiger charge is -2.12. The number of hydrogen-bond donors (Lipinski definition) is 2. The molecule has 1 heterocycles. The normalized spacial score (nSPS) is 11.2. The molecular formula is C20H17Br2N3O4S. The van der Waals surface area contributed by atoms with Gasteiger partial charge in [-0.25, -0.2) is 13.1 Å². The van der Waals surface area contributed by atoms with Crippen molar-refractivity contribution in [2.24, 2.45) is 0 Å². The van der Waals surface area contributed by atoms with Crippen molar-refractivity contribution in [3.8, 4) is 0 Å². The van der Waals surface area contributed by atoms with Gasteiger partial charge in [0, 0.05) is 19.2 Å². The highest BCUT2D eigenvalue weighted by atomic mass is 79.9. The molecule has 2 amide bonds. The first kappa shape index (κ1) is 22.3. The third-order valence-electron chi connectivity index (χ3n) is 4.11. The molecule has 0 spiro atoms. The molecule has 2 N–H and O–H groups in total. The molecule has 0 unspecified atom stereocenters. The van der Waals surface area contributed by atoms with E-state index in [2.05, 4.69) is 37.2 Å². The number of amides is 2. The first-order chi connectivity index (χ1) is 14.2. The predicted octanol–water partition coefficient (Wildman–Crippen LogP) is 4.14. The summed E-state index contributed by atoms with van der Waals surface area (Å²) in [6.45, 7) is 1.61. The quantitative estimate of drug-likeness (QED) is 0.478. The van der Waals surface area contributed by atoms with Crippen molar-refractivity contribution in [1.82, 2.24) is 9.29 Å². The summed E-state index contributed by atoms with van der Waals surface area (Å²) in [4.78, 5) is 23.8. The summed E-state index contributed by atoms with van der Waals surface area (Å²) in [5.41, 5.74) is 1.87. The summed E-state index contributed by atoms with van der Waals surface area (Å²) >= 11 is 6.93. The first-order valence-corrected chi connectivity index (χ1v) is 11.8. The van der Waals surface area contributed by atoms with Crippen molar-refractivity contribution in [1.29, 1.82) is 0 Å². The van der Waals surface area contributed by atoms with Crippen LogP contribution in [0.3, 0.4) is 0 Å². The first-order valence-electron chi connectivity index (χ1n) is 8.70. The van der Waals surface area contributed by atoms with E-state index in [9.17, 15) is 18.0 Å². The van der Waals surface area contributed by atoms with Crippen LogP contribution >= 0.6 is 31.9 Å². The molecule has 10 heteroatoms. The number of anilines is 1. The van der Waals surface area contributed by atoms with Crippen LogP contribution in [0.15, 0.2) is 74.6 Å². The van der Waals surface area contributed by atoms with Crippen molar-refractivity contribution in [3.63, 3.8) is 0 Å². The van der Waals surface area contributed by atoms with Crippen LogP contribution < -0.4 is 10.0 Å². The van der Waals surface area contributed by atoms with E-state index in [4.69, 9.17) is 0 Å². The molecule has 0 bridgehead atoms. The second-order valence-electron chi connectivity index (χ2n) is 6.38. The van der Waals surface area contributed by atoms with Crippen molar-refractivity contribution in [2.75, 3.05) is 5.32 Å². The van der Waals surface area contributed by atoms with Gasteiger partial charge in [-0.15, -0.1) is 0 Å². The van der Waals surface area contributed by atoms with Gasteiger partial charge in [0.2, 0.25) is 5.91 Å². The van der Waals surface area contributed by atoms with E-state index >= 15 is 0 Å². The van der Waals surface area contributed by atoms with Crippen LogP contribution in [0.5, 0.6) is 0 Å². The lowest BCUT2D eigenvalue weighted by molar-refractivity contribution is -0.117. The third-order valence-corrected chi connectivity index (χ3v) is 7.55. The van der Waals surface area contributed by atoms with Crippen molar-refractivity contribution in [2.45, 2.75) is 18.4 Å². The fourth-order valence-corrected chi connectivity index (χ4v) is 4.61. The monoisotopic (exact) mass is 553 g/mol. The summed E-state index contributed by atoms with van der Waals surface area (Å²) in [6.07, 6.45) is 0. The zero-order valence-electron chi connectivity index (χ0n) is 15.7. The second-order valence-corrected chi connectivity index (χ2v) is 9.67. The Balaban J connectivity index is 1.81. The van der Waals surface area contributed by atoms with Crippen molar-refractivity contribution < 1.29 is 18.0 Å². The fraction of sp³-hybridized carbons (Fsp3) is 0.100. The van der Waals surface area contributed by atoms with Gasteiger partial charge in [-0.2, -0.15) is 0 Å². The summed E-state index contributed by atoms with van der Waals surface area (Å²) in [6, 6.07) is 17.0. The van der Waals surface area contributed by atoms with Gasteiger partial charge in [0.15, 0.2) is 0 Å². The molecule has 1 aromatic heterocycles. The van der Waals surface area contributed by atoms with Gasteiger partial charge < -0.3 is 9.88 Å². The summed E-state index contributed by atoms with van der Waals surface area (Å²) in [5, 5.41) is 2.76. The minimum absolute atomic E-state index is 0.0753. The fourth-order valence-electron chi connectivity index (χ4n) is 2.76. The Morgan fingerprint density at radius 2 is 1.63 bits per heavy atom. The number of nitrogens with zero attached hydrogens (tertiary/aromatic N) is 1. The lowest BCUT2D eigenvalue weighted by Crippen LogP contribution is -2.28. The topological polar surface area (TPSA) is 97.3 Å². The molecule has 0 aliphatic carbocycles. The van der Waals surface area contributed by atoms with E-state index < -0.39 is 15.9 Å². The molecular weight excluding hydrogens is 538 g/mol. The van der Waals surface area contributed by atoms with E-state index in [0.717, 1.165) is 21.6 Å². The smallest absolute Gasteiger partial charge is 0.272 e. The van der Waals surface area contributed by atoms with Gasteiger partial charge in [0.05, 0.1) is 14.0 Å². The van der Waals surface area contributed by atoms with E-state index in [1.54, 1.807) is 6.07 Å². The van der Waals surface area contributed by atoms with E-state index in [0.29, 0.717) is 17.9 Å². The summed E-state index contributed by atoms with van der Waals surface area (Å²) < 4.78 is 29.2. The van der Waals surface area contributed by atoms with Gasteiger partial charge in [-0.05, 0) is 67.8 Å². The molecule has 0 saturated heterocycles. The number of nitrogens with one attached hydrogen (secondary N) is 2. The van der Waals surface area contributed by atoms with E-state index in [1.165, 1.54) is 24.3 Å². The highest BCUT2D eigenvalue weighted by molar-refractivity contribution is 9.13. The number of rotatable bonds is 6. The molecule has 0 atom stereocenters. The molecule has 7 nitrogen and oxygen atoms in total. The minimum Gasteiger partial charge on any atom is -0.326 e. The standard InChI is InChI=1S/C20H17Br2N3O4S/c1-13(26)24-30(28,29)16-9-7-15(8-10-16)23-20(27)18-11-17(21)19(22)25(18)12-14-5-3-2-4-6-14/h2-11H,12H2,1H3,(H,23,27)(H,24,26). The van der Waals surface area contributed by atoms with Crippen LogP contribution in [0.1, 0.15) is 23.0 Å². The maximum atomic E-state index is 12.9. The summed E-state index contributed by atoms with van der Waals surface area (Å²) in [7, 11) is -3.93. The number of hydrogen-bond acceptors (Lipinski definition) is 4. The van der Waals surface area contributed by atoms with Crippen LogP contribution in [0, 0.1) is 0 Å². The highest BCUT2D eigenvalue weighted by Gasteiger charge is 2.19. The molecule has 0 aliphatic heterocycles. The van der Waals surface area contributed by atoms with Crippen molar-refractivity contribution in [3.05, 3.63) is 81.0 Å². The molecule has 156 valence electrons. The Kier molecular flexibility index (Phi) is 6.79. The second kappa shape index (κ2) is 9.15. The molecule has 30 heavy (non-hydrogen) atoms. The van der Waals surface area contributed by atoms with Gasteiger partial charge in [-0.1, -0.05) is 30.3 Å². The number of benzene rings is 2. The number of aromatic nitrogens is 1. The molecule has 3 aromatic rings. The Labute approximate surface area is 190 Å². The Morgan fingerprint density at radius 3 is 2.23 bits per heavy atom. The van der Waals surface area contributed by atoms with Gasteiger partial charge in [-0.3, -0.25) is 9.59 Å². The molecule has 3 rings (SSSR count). The van der Waals surface area contributed by atoms with Gasteiger partial charge >= 0.3 is 0 Å². The average molecular weight is 555 g/mol. The maximum Gasteiger partial charge on any atom is 0.272 e. The molecule has 2 aromatic carbocycles. The summed E-state index contributed by atoms with van der Waals surface area (Å²) in [5.74, 6) is -1.03. The van der Waals surface area contributed by atoms with Crippen LogP contribution in [0.2, 0.25) is 0 Å². The largest absolute Gasteiger partial charge is 0.326 e.